The monoisotopic (exact) mass is 301 g/mol. The average molecular weight is 301 g/mol. The molecule has 0 aliphatic heterocycles. The molecule has 1 amide bonds. The molecule has 2 aliphatic carbocycles. The maximum atomic E-state index is 12.1. The van der Waals surface area contributed by atoms with Crippen LogP contribution in [-0.2, 0) is 4.79 Å². The summed E-state index contributed by atoms with van der Waals surface area (Å²) in [7, 11) is 0. The number of fused-ring (bicyclic) bond motifs is 2. The molecule has 2 saturated carbocycles. The Hall–Kier alpha value is -1.51. The van der Waals surface area contributed by atoms with Crippen molar-refractivity contribution in [2.45, 2.75) is 52.5 Å². The largest absolute Gasteiger partial charge is 0.484 e. The van der Waals surface area contributed by atoms with E-state index in [1.54, 1.807) is 0 Å². The van der Waals surface area contributed by atoms with Gasteiger partial charge in [-0.15, -0.1) is 0 Å². The molecule has 3 rings (SSSR count). The zero-order valence-electron chi connectivity index (χ0n) is 13.9. The lowest BCUT2D eigenvalue weighted by molar-refractivity contribution is -0.124. The molecule has 2 bridgehead atoms. The number of hydrogen-bond donors (Lipinski definition) is 1. The summed E-state index contributed by atoms with van der Waals surface area (Å²) in [6.07, 6.45) is 5.43. The summed E-state index contributed by atoms with van der Waals surface area (Å²) >= 11 is 0. The maximum absolute atomic E-state index is 12.1. The van der Waals surface area contributed by atoms with Crippen LogP contribution in [0, 0.1) is 31.6 Å². The van der Waals surface area contributed by atoms with Crippen LogP contribution in [-0.4, -0.2) is 18.6 Å². The molecule has 22 heavy (non-hydrogen) atoms. The smallest absolute Gasteiger partial charge is 0.258 e. The Morgan fingerprint density at radius 2 is 2.14 bits per heavy atom. The molecule has 0 aromatic heterocycles. The minimum atomic E-state index is -0.00440. The van der Waals surface area contributed by atoms with E-state index in [4.69, 9.17) is 4.74 Å². The highest BCUT2D eigenvalue weighted by molar-refractivity contribution is 5.77. The van der Waals surface area contributed by atoms with E-state index >= 15 is 0 Å². The first-order valence-electron chi connectivity index (χ1n) is 8.52. The number of ether oxygens (including phenoxy) is 1. The molecule has 1 aromatic rings. The zero-order chi connectivity index (χ0) is 15.7. The third-order valence-corrected chi connectivity index (χ3v) is 5.51. The van der Waals surface area contributed by atoms with Gasteiger partial charge in [-0.2, -0.15) is 0 Å². The molecule has 4 atom stereocenters. The Labute approximate surface area is 133 Å². The van der Waals surface area contributed by atoms with E-state index < -0.39 is 0 Å². The summed E-state index contributed by atoms with van der Waals surface area (Å²) in [5, 5.41) is 3.14. The van der Waals surface area contributed by atoms with Gasteiger partial charge in [-0.1, -0.05) is 24.1 Å². The van der Waals surface area contributed by atoms with Crippen molar-refractivity contribution in [3.63, 3.8) is 0 Å². The van der Waals surface area contributed by atoms with E-state index in [2.05, 4.69) is 25.2 Å². The van der Waals surface area contributed by atoms with Gasteiger partial charge >= 0.3 is 0 Å². The van der Waals surface area contributed by atoms with Crippen molar-refractivity contribution in [1.82, 2.24) is 5.32 Å². The van der Waals surface area contributed by atoms with Crippen LogP contribution in [0.25, 0.3) is 0 Å². The highest BCUT2D eigenvalue weighted by atomic mass is 16.5. The molecular weight excluding hydrogens is 274 g/mol. The third-order valence-electron chi connectivity index (χ3n) is 5.51. The minimum Gasteiger partial charge on any atom is -0.484 e. The van der Waals surface area contributed by atoms with Gasteiger partial charge in [-0.05, 0) is 69.4 Å². The Balaban J connectivity index is 1.48. The van der Waals surface area contributed by atoms with Crippen LogP contribution >= 0.6 is 0 Å². The van der Waals surface area contributed by atoms with E-state index in [0.717, 1.165) is 23.1 Å². The Bertz CT molecular complexity index is 554. The second kappa shape index (κ2) is 6.31. The lowest BCUT2D eigenvalue weighted by atomic mass is 9.84. The number of nitrogens with one attached hydrogen (secondary N) is 1. The van der Waals surface area contributed by atoms with Gasteiger partial charge in [0.2, 0.25) is 0 Å². The second-order valence-corrected chi connectivity index (χ2v) is 7.25. The van der Waals surface area contributed by atoms with Crippen LogP contribution in [0.5, 0.6) is 5.75 Å². The molecular formula is C19H27NO2. The first-order chi connectivity index (χ1) is 10.5. The molecule has 3 nitrogen and oxygen atoms in total. The third kappa shape index (κ3) is 3.29. The fourth-order valence-electron chi connectivity index (χ4n) is 4.41. The van der Waals surface area contributed by atoms with Crippen molar-refractivity contribution in [3.8, 4) is 5.75 Å². The van der Waals surface area contributed by atoms with E-state index in [-0.39, 0.29) is 18.6 Å². The molecule has 2 aliphatic rings. The maximum Gasteiger partial charge on any atom is 0.258 e. The number of carbonyl (C=O) groups is 1. The van der Waals surface area contributed by atoms with Gasteiger partial charge in [0.05, 0.1) is 0 Å². The second-order valence-electron chi connectivity index (χ2n) is 7.25. The van der Waals surface area contributed by atoms with Gasteiger partial charge in [0.25, 0.3) is 5.91 Å². The first-order valence-corrected chi connectivity index (χ1v) is 8.52. The topological polar surface area (TPSA) is 38.3 Å². The Kier molecular flexibility index (Phi) is 4.42. The van der Waals surface area contributed by atoms with Crippen molar-refractivity contribution < 1.29 is 9.53 Å². The number of aryl methyl sites for hydroxylation is 2. The average Bonchev–Trinajstić information content (AvgIpc) is 3.09. The zero-order valence-corrected chi connectivity index (χ0v) is 13.9. The van der Waals surface area contributed by atoms with Crippen LogP contribution in [0.15, 0.2) is 18.2 Å². The van der Waals surface area contributed by atoms with Crippen molar-refractivity contribution in [1.29, 1.82) is 0 Å². The SMILES string of the molecule is Cc1ccc(OCC(=O)NC(C)C2CC3CCC2C3)c(C)c1. The molecule has 1 aromatic carbocycles. The van der Waals surface area contributed by atoms with Crippen LogP contribution < -0.4 is 10.1 Å². The van der Waals surface area contributed by atoms with Gasteiger partial charge in [-0.3, -0.25) is 4.79 Å². The predicted molar refractivity (Wildman–Crippen MR) is 88.0 cm³/mol. The molecule has 4 unspecified atom stereocenters. The number of carbonyl (C=O) groups excluding carboxylic acids is 1. The van der Waals surface area contributed by atoms with Crippen LogP contribution in [0.3, 0.4) is 0 Å². The Morgan fingerprint density at radius 1 is 1.32 bits per heavy atom. The molecule has 0 heterocycles. The first kappa shape index (κ1) is 15.4. The highest BCUT2D eigenvalue weighted by Crippen LogP contribution is 2.49. The quantitative estimate of drug-likeness (QED) is 0.902. The van der Waals surface area contributed by atoms with E-state index in [0.29, 0.717) is 5.92 Å². The predicted octanol–water partition coefficient (Wildman–Crippen LogP) is 3.62. The summed E-state index contributed by atoms with van der Waals surface area (Å²) in [5.41, 5.74) is 2.29. The van der Waals surface area contributed by atoms with Crippen molar-refractivity contribution >= 4 is 5.91 Å². The molecule has 3 heteroatoms. The number of amides is 1. The normalized spacial score (nSPS) is 27.7. The van der Waals surface area contributed by atoms with E-state index in [9.17, 15) is 4.79 Å². The van der Waals surface area contributed by atoms with Gasteiger partial charge in [0.1, 0.15) is 5.75 Å². The van der Waals surface area contributed by atoms with E-state index in [1.165, 1.54) is 31.2 Å². The lowest BCUT2D eigenvalue weighted by Gasteiger charge is -2.28. The molecule has 1 N–H and O–H groups in total. The number of rotatable bonds is 5. The van der Waals surface area contributed by atoms with Crippen molar-refractivity contribution in [3.05, 3.63) is 29.3 Å². The number of hydrogen-bond acceptors (Lipinski definition) is 2. The lowest BCUT2D eigenvalue weighted by Crippen LogP contribution is -2.42. The van der Waals surface area contributed by atoms with Gasteiger partial charge in [0, 0.05) is 6.04 Å². The van der Waals surface area contributed by atoms with E-state index in [1.807, 2.05) is 19.1 Å². The summed E-state index contributed by atoms with van der Waals surface area (Å²) in [6, 6.07) is 6.30. The summed E-state index contributed by atoms with van der Waals surface area (Å²) in [5.74, 6) is 3.22. The standard InChI is InChI=1S/C19H27NO2/c1-12-4-7-18(13(2)8-12)22-11-19(21)20-14(3)17-10-15-5-6-16(17)9-15/h4,7-8,14-17H,5-6,9-11H2,1-3H3,(H,20,21). The minimum absolute atomic E-state index is 0.00440. The van der Waals surface area contributed by atoms with Gasteiger partial charge in [0.15, 0.2) is 6.61 Å². The molecule has 0 radical (unpaired) electrons. The molecule has 2 fully saturated rings. The van der Waals surface area contributed by atoms with Crippen LogP contribution in [0.4, 0.5) is 0 Å². The fraction of sp³-hybridized carbons (Fsp3) is 0.632. The van der Waals surface area contributed by atoms with Crippen molar-refractivity contribution in [2.24, 2.45) is 17.8 Å². The number of benzene rings is 1. The molecule has 0 saturated heterocycles. The molecule has 120 valence electrons. The summed E-state index contributed by atoms with van der Waals surface area (Å²) < 4.78 is 5.67. The van der Waals surface area contributed by atoms with Crippen LogP contribution in [0.1, 0.15) is 43.7 Å². The van der Waals surface area contributed by atoms with Crippen molar-refractivity contribution in [2.75, 3.05) is 6.61 Å². The fourth-order valence-corrected chi connectivity index (χ4v) is 4.41. The summed E-state index contributed by atoms with van der Waals surface area (Å²) in [4.78, 5) is 12.1. The Morgan fingerprint density at radius 3 is 2.77 bits per heavy atom. The molecule has 0 spiro atoms. The highest BCUT2D eigenvalue weighted by Gasteiger charge is 2.42. The summed E-state index contributed by atoms with van der Waals surface area (Å²) in [6.45, 7) is 6.33. The van der Waals surface area contributed by atoms with Crippen LogP contribution in [0.2, 0.25) is 0 Å². The van der Waals surface area contributed by atoms with Gasteiger partial charge in [-0.25, -0.2) is 0 Å². The van der Waals surface area contributed by atoms with Gasteiger partial charge < -0.3 is 10.1 Å².